The molecule has 0 aromatic rings. The maximum absolute atomic E-state index is 9.54. The molecular formula is C12H24N2O2. The van der Waals surface area contributed by atoms with Gasteiger partial charge in [-0.05, 0) is 44.8 Å². The fourth-order valence-electron chi connectivity index (χ4n) is 2.93. The number of ether oxygens (including phenoxy) is 1. The largest absolute Gasteiger partial charge is 0.391 e. The lowest BCUT2D eigenvalue weighted by molar-refractivity contribution is 0.0581. The van der Waals surface area contributed by atoms with Gasteiger partial charge in [0.15, 0.2) is 0 Å². The SMILES string of the molecule is COCC(O)CCNC1CCN2CCC1C2. The van der Waals surface area contributed by atoms with E-state index in [0.717, 1.165) is 18.9 Å². The summed E-state index contributed by atoms with van der Waals surface area (Å²) in [5.41, 5.74) is 0. The number of hydrogen-bond donors (Lipinski definition) is 2. The van der Waals surface area contributed by atoms with E-state index in [1.54, 1.807) is 7.11 Å². The molecule has 0 spiro atoms. The van der Waals surface area contributed by atoms with Crippen LogP contribution in [0.3, 0.4) is 0 Å². The first-order chi connectivity index (χ1) is 7.79. The Morgan fingerprint density at radius 1 is 1.44 bits per heavy atom. The van der Waals surface area contributed by atoms with Crippen LogP contribution in [0.2, 0.25) is 0 Å². The summed E-state index contributed by atoms with van der Waals surface area (Å²) in [4.78, 5) is 2.56. The first kappa shape index (κ1) is 12.3. The van der Waals surface area contributed by atoms with E-state index in [4.69, 9.17) is 4.74 Å². The van der Waals surface area contributed by atoms with Crippen LogP contribution in [0.25, 0.3) is 0 Å². The van der Waals surface area contributed by atoms with Crippen LogP contribution in [0.5, 0.6) is 0 Å². The number of aliphatic hydroxyl groups excluding tert-OH is 1. The quantitative estimate of drug-likeness (QED) is 0.675. The number of nitrogens with one attached hydrogen (secondary N) is 1. The summed E-state index contributed by atoms with van der Waals surface area (Å²) in [6.07, 6.45) is 3.09. The number of aliphatic hydroxyl groups is 1. The van der Waals surface area contributed by atoms with Crippen LogP contribution in [0.1, 0.15) is 19.3 Å². The van der Waals surface area contributed by atoms with Crippen LogP contribution < -0.4 is 5.32 Å². The maximum atomic E-state index is 9.54. The highest BCUT2D eigenvalue weighted by Gasteiger charge is 2.33. The highest BCUT2D eigenvalue weighted by molar-refractivity contribution is 4.90. The van der Waals surface area contributed by atoms with Crippen LogP contribution in [0.4, 0.5) is 0 Å². The molecule has 2 rings (SSSR count). The van der Waals surface area contributed by atoms with Crippen molar-refractivity contribution >= 4 is 0 Å². The minimum absolute atomic E-state index is 0.318. The Morgan fingerprint density at radius 2 is 2.25 bits per heavy atom. The van der Waals surface area contributed by atoms with Crippen molar-refractivity contribution in [1.82, 2.24) is 10.2 Å². The number of piperidine rings is 1. The molecule has 0 amide bonds. The summed E-state index contributed by atoms with van der Waals surface area (Å²) in [5.74, 6) is 0.841. The summed E-state index contributed by atoms with van der Waals surface area (Å²) in [6, 6.07) is 0.675. The van der Waals surface area contributed by atoms with Gasteiger partial charge in [0, 0.05) is 19.7 Å². The third-order valence-corrected chi connectivity index (χ3v) is 3.88. The van der Waals surface area contributed by atoms with Crippen molar-refractivity contribution < 1.29 is 9.84 Å². The molecule has 4 unspecified atom stereocenters. The fraction of sp³-hybridized carbons (Fsp3) is 1.00. The molecule has 2 bridgehead atoms. The Bertz CT molecular complexity index is 213. The second-order valence-electron chi connectivity index (χ2n) is 5.10. The second-order valence-corrected chi connectivity index (χ2v) is 5.10. The standard InChI is InChI=1S/C12H24N2O2/c1-16-9-11(15)2-5-13-12-4-7-14-6-3-10(12)8-14/h10-13,15H,2-9H2,1H3. The van der Waals surface area contributed by atoms with E-state index in [1.165, 1.54) is 32.5 Å². The van der Waals surface area contributed by atoms with Crippen LogP contribution in [0, 0.1) is 5.92 Å². The summed E-state index contributed by atoms with van der Waals surface area (Å²) in [7, 11) is 1.63. The van der Waals surface area contributed by atoms with Crippen molar-refractivity contribution in [2.24, 2.45) is 5.92 Å². The van der Waals surface area contributed by atoms with Gasteiger partial charge >= 0.3 is 0 Å². The Labute approximate surface area is 98.0 Å². The van der Waals surface area contributed by atoms with E-state index in [9.17, 15) is 5.11 Å². The van der Waals surface area contributed by atoms with Gasteiger partial charge in [-0.25, -0.2) is 0 Å². The van der Waals surface area contributed by atoms with Gasteiger partial charge in [0.25, 0.3) is 0 Å². The first-order valence-corrected chi connectivity index (χ1v) is 6.42. The molecule has 16 heavy (non-hydrogen) atoms. The summed E-state index contributed by atoms with van der Waals surface area (Å²) in [5, 5.41) is 13.1. The number of methoxy groups -OCH3 is 1. The highest BCUT2D eigenvalue weighted by atomic mass is 16.5. The third-order valence-electron chi connectivity index (χ3n) is 3.88. The minimum atomic E-state index is -0.318. The first-order valence-electron chi connectivity index (χ1n) is 6.42. The summed E-state index contributed by atoms with van der Waals surface area (Å²) < 4.78 is 4.91. The van der Waals surface area contributed by atoms with Crippen molar-refractivity contribution in [1.29, 1.82) is 0 Å². The molecule has 0 radical (unpaired) electrons. The van der Waals surface area contributed by atoms with Crippen LogP contribution in [-0.4, -0.2) is 62.0 Å². The number of fused-ring (bicyclic) bond motifs is 2. The predicted molar refractivity (Wildman–Crippen MR) is 63.5 cm³/mol. The van der Waals surface area contributed by atoms with Gasteiger partial charge in [-0.1, -0.05) is 0 Å². The molecule has 94 valence electrons. The fourth-order valence-corrected chi connectivity index (χ4v) is 2.93. The Balaban J connectivity index is 1.62. The lowest BCUT2D eigenvalue weighted by Crippen LogP contribution is -2.44. The minimum Gasteiger partial charge on any atom is -0.391 e. The van der Waals surface area contributed by atoms with E-state index in [2.05, 4.69) is 10.2 Å². The molecule has 2 saturated heterocycles. The number of rotatable bonds is 6. The molecule has 0 aromatic carbocycles. The van der Waals surface area contributed by atoms with E-state index >= 15 is 0 Å². The van der Waals surface area contributed by atoms with Crippen molar-refractivity contribution in [3.63, 3.8) is 0 Å². The topological polar surface area (TPSA) is 44.7 Å². The van der Waals surface area contributed by atoms with Gasteiger partial charge in [0.1, 0.15) is 0 Å². The average molecular weight is 228 g/mol. The molecule has 4 heteroatoms. The Hall–Kier alpha value is -0.160. The van der Waals surface area contributed by atoms with Gasteiger partial charge in [-0.2, -0.15) is 0 Å². The predicted octanol–water partition coefficient (Wildman–Crippen LogP) is 0.0676. The van der Waals surface area contributed by atoms with Gasteiger partial charge in [0.05, 0.1) is 12.7 Å². The zero-order valence-corrected chi connectivity index (χ0v) is 10.2. The zero-order valence-electron chi connectivity index (χ0n) is 10.2. The molecule has 4 nitrogen and oxygen atoms in total. The normalized spacial score (nSPS) is 35.2. The van der Waals surface area contributed by atoms with Crippen LogP contribution in [-0.2, 0) is 4.74 Å². The Kier molecular flexibility index (Phi) is 4.58. The monoisotopic (exact) mass is 228 g/mol. The van der Waals surface area contributed by atoms with Crippen LogP contribution >= 0.6 is 0 Å². The molecule has 2 aliphatic heterocycles. The molecule has 2 aliphatic rings. The highest BCUT2D eigenvalue weighted by Crippen LogP contribution is 2.26. The van der Waals surface area contributed by atoms with Gasteiger partial charge in [-0.3, -0.25) is 0 Å². The lowest BCUT2D eigenvalue weighted by Gasteiger charge is -2.31. The van der Waals surface area contributed by atoms with Crippen molar-refractivity contribution in [3.8, 4) is 0 Å². The number of hydrogen-bond acceptors (Lipinski definition) is 4. The third kappa shape index (κ3) is 3.17. The molecular weight excluding hydrogens is 204 g/mol. The molecule has 4 atom stereocenters. The van der Waals surface area contributed by atoms with Gasteiger partial charge in [0.2, 0.25) is 0 Å². The molecule has 2 fully saturated rings. The molecule has 2 heterocycles. The van der Waals surface area contributed by atoms with Gasteiger partial charge in [-0.15, -0.1) is 0 Å². The molecule has 0 aromatic heterocycles. The van der Waals surface area contributed by atoms with Crippen molar-refractivity contribution in [3.05, 3.63) is 0 Å². The van der Waals surface area contributed by atoms with Crippen LogP contribution in [0.15, 0.2) is 0 Å². The van der Waals surface area contributed by atoms with Crippen molar-refractivity contribution in [2.45, 2.75) is 31.4 Å². The molecule has 2 N–H and O–H groups in total. The van der Waals surface area contributed by atoms with E-state index in [-0.39, 0.29) is 6.10 Å². The van der Waals surface area contributed by atoms with E-state index in [1.807, 2.05) is 0 Å². The molecule has 0 aliphatic carbocycles. The smallest absolute Gasteiger partial charge is 0.0785 e. The van der Waals surface area contributed by atoms with E-state index in [0.29, 0.717) is 12.6 Å². The lowest BCUT2D eigenvalue weighted by atomic mass is 9.94. The molecule has 0 saturated carbocycles. The van der Waals surface area contributed by atoms with Gasteiger partial charge < -0.3 is 20.1 Å². The Morgan fingerprint density at radius 3 is 3.06 bits per heavy atom. The number of nitrogens with zero attached hydrogens (tertiary/aromatic N) is 1. The van der Waals surface area contributed by atoms with Crippen molar-refractivity contribution in [2.75, 3.05) is 39.9 Å². The second kappa shape index (κ2) is 5.96. The summed E-state index contributed by atoms with van der Waals surface area (Å²) in [6.45, 7) is 5.16. The maximum Gasteiger partial charge on any atom is 0.0785 e. The summed E-state index contributed by atoms with van der Waals surface area (Å²) >= 11 is 0. The average Bonchev–Trinajstić information content (AvgIpc) is 2.65. The zero-order chi connectivity index (χ0) is 11.4. The van der Waals surface area contributed by atoms with E-state index < -0.39 is 0 Å².